The van der Waals surface area contributed by atoms with Crippen LogP contribution in [0.3, 0.4) is 0 Å². The van der Waals surface area contributed by atoms with Gasteiger partial charge in [0.1, 0.15) is 28.2 Å². The molecule has 0 saturated carbocycles. The minimum atomic E-state index is -4.65. The van der Waals surface area contributed by atoms with Gasteiger partial charge < -0.3 is 37.9 Å². The summed E-state index contributed by atoms with van der Waals surface area (Å²) in [6.45, 7) is 0. The lowest BCUT2D eigenvalue weighted by Gasteiger charge is -2.24. The molecule has 0 aliphatic heterocycles. The number of carbonyl (C=O) groups excluding carboxylic acids is 2. The van der Waals surface area contributed by atoms with Crippen LogP contribution in [0.25, 0.3) is 0 Å². The Labute approximate surface area is 311 Å². The molecule has 4 aromatic rings. The molecule has 0 fully saturated rings. The Bertz CT molecular complexity index is 1800. The predicted molar refractivity (Wildman–Crippen MR) is 177 cm³/mol. The standard InChI is InChI=1S/C16H15ClF3NO5S.C16H16F3NO5S/c1-23-13(22)10(14(24-2)25-3)8-6-4-5-7-9(8)26-15-21-12(17)11(27-15)16(18,19)20;1-22-13(21)12(14(23-2)24-3)9-6-4-5-7-10(9)25-15-20-8-11(26-15)16(17,18)19/h4-7,10,14H,1-3H3;4-8,12,14H,1-3H3. The van der Waals surface area contributed by atoms with Crippen LogP contribution in [0.1, 0.15) is 32.7 Å². The molecule has 0 spiro atoms. The second kappa shape index (κ2) is 19.3. The van der Waals surface area contributed by atoms with E-state index in [2.05, 4.69) is 9.97 Å². The average Bonchev–Trinajstić information content (AvgIpc) is 3.76. The zero-order chi connectivity index (χ0) is 39.5. The van der Waals surface area contributed by atoms with Crippen LogP contribution >= 0.6 is 34.3 Å². The molecule has 21 heteroatoms. The number of hydrogen-bond donors (Lipinski definition) is 0. The summed E-state index contributed by atoms with van der Waals surface area (Å²) in [6.07, 6.45) is -10.5. The molecule has 2 aromatic heterocycles. The van der Waals surface area contributed by atoms with Crippen molar-refractivity contribution in [2.45, 2.75) is 36.8 Å². The summed E-state index contributed by atoms with van der Waals surface area (Å²) in [7, 11) is 7.77. The quantitative estimate of drug-likeness (QED) is 0.0689. The van der Waals surface area contributed by atoms with E-state index in [-0.39, 0.29) is 38.8 Å². The maximum absolute atomic E-state index is 12.9. The Morgan fingerprint density at radius 2 is 1.09 bits per heavy atom. The molecule has 290 valence electrons. The molecule has 53 heavy (non-hydrogen) atoms. The highest BCUT2D eigenvalue weighted by Gasteiger charge is 2.39. The first-order chi connectivity index (χ1) is 25.0. The molecule has 0 N–H and O–H groups in total. The molecular weight excluding hydrogens is 786 g/mol. The smallest absolute Gasteiger partial charge is 0.428 e. The van der Waals surface area contributed by atoms with Crippen molar-refractivity contribution >= 4 is 46.2 Å². The van der Waals surface area contributed by atoms with Crippen LogP contribution in [-0.2, 0) is 50.4 Å². The van der Waals surface area contributed by atoms with Gasteiger partial charge in [-0.2, -0.15) is 31.3 Å². The third kappa shape index (κ3) is 11.2. The first-order valence-electron chi connectivity index (χ1n) is 14.6. The number of carbonyl (C=O) groups is 2. The SMILES string of the molecule is COC(=O)C(c1ccccc1Oc1nc(Cl)c(C(F)(F)F)s1)C(OC)OC.COC(=O)C(c1ccccc1Oc1ncc(C(F)(F)F)s1)C(OC)OC. The number of benzene rings is 2. The van der Waals surface area contributed by atoms with Gasteiger partial charge in [-0.05, 0) is 12.1 Å². The molecule has 4 rings (SSSR count). The summed E-state index contributed by atoms with van der Waals surface area (Å²) in [4.78, 5) is 29.7. The fourth-order valence-electron chi connectivity index (χ4n) is 4.55. The van der Waals surface area contributed by atoms with Gasteiger partial charge in [-0.3, -0.25) is 9.59 Å². The number of rotatable bonds is 14. The molecular formula is C32H31ClF6N2O10S2. The van der Waals surface area contributed by atoms with E-state index in [0.29, 0.717) is 23.1 Å². The number of halogens is 7. The van der Waals surface area contributed by atoms with Crippen LogP contribution in [0.2, 0.25) is 5.15 Å². The summed E-state index contributed by atoms with van der Waals surface area (Å²) < 4.78 is 118. The van der Waals surface area contributed by atoms with E-state index in [4.69, 9.17) is 49.5 Å². The summed E-state index contributed by atoms with van der Waals surface area (Å²) in [5, 5.41) is -1.24. The van der Waals surface area contributed by atoms with Gasteiger partial charge in [-0.1, -0.05) is 70.7 Å². The third-order valence-corrected chi connectivity index (χ3v) is 9.16. The number of esters is 2. The molecule has 0 radical (unpaired) electrons. The Morgan fingerprint density at radius 3 is 1.45 bits per heavy atom. The van der Waals surface area contributed by atoms with Crippen molar-refractivity contribution in [3.05, 3.63) is 80.8 Å². The first-order valence-corrected chi connectivity index (χ1v) is 16.6. The monoisotopic (exact) mass is 816 g/mol. The lowest BCUT2D eigenvalue weighted by molar-refractivity contribution is -0.164. The number of hydrogen-bond acceptors (Lipinski definition) is 14. The fourth-order valence-corrected chi connectivity index (χ4v) is 6.23. The second-order valence-corrected chi connectivity index (χ2v) is 12.4. The lowest BCUT2D eigenvalue weighted by Crippen LogP contribution is -2.30. The molecule has 2 heterocycles. The summed E-state index contributed by atoms with van der Waals surface area (Å²) >= 11 is 6.15. The fraction of sp³-hybridized carbons (Fsp3) is 0.375. The number of methoxy groups -OCH3 is 6. The number of aromatic nitrogens is 2. The largest absolute Gasteiger partial charge is 0.468 e. The van der Waals surface area contributed by atoms with E-state index in [1.54, 1.807) is 36.4 Å². The van der Waals surface area contributed by atoms with Gasteiger partial charge in [0.2, 0.25) is 0 Å². The molecule has 0 bridgehead atoms. The normalized spacial score (nSPS) is 12.9. The van der Waals surface area contributed by atoms with Gasteiger partial charge in [0.05, 0.1) is 20.4 Å². The highest BCUT2D eigenvalue weighted by atomic mass is 35.5. The van der Waals surface area contributed by atoms with Crippen LogP contribution in [0.15, 0.2) is 54.7 Å². The van der Waals surface area contributed by atoms with E-state index in [1.165, 1.54) is 54.8 Å². The van der Waals surface area contributed by atoms with E-state index >= 15 is 0 Å². The molecule has 0 aliphatic rings. The molecule has 12 nitrogen and oxygen atoms in total. The van der Waals surface area contributed by atoms with Crippen molar-refractivity contribution in [1.29, 1.82) is 0 Å². The minimum absolute atomic E-state index is 0.0890. The van der Waals surface area contributed by atoms with Crippen LogP contribution in [0.5, 0.6) is 21.9 Å². The summed E-state index contributed by atoms with van der Waals surface area (Å²) in [5.74, 6) is -3.14. The maximum Gasteiger partial charge on any atom is 0.428 e. The van der Waals surface area contributed by atoms with Gasteiger partial charge in [0.25, 0.3) is 10.4 Å². The summed E-state index contributed by atoms with van der Waals surface area (Å²) in [5.41, 5.74) is 0.620. The van der Waals surface area contributed by atoms with Crippen LogP contribution in [0, 0.1) is 0 Å². The molecule has 0 amide bonds. The first kappa shape index (κ1) is 43.4. The van der Waals surface area contributed by atoms with Crippen molar-refractivity contribution in [3.8, 4) is 21.9 Å². The van der Waals surface area contributed by atoms with Crippen molar-refractivity contribution in [1.82, 2.24) is 9.97 Å². The Hall–Kier alpha value is -4.05. The number of alkyl halides is 6. The predicted octanol–water partition coefficient (Wildman–Crippen LogP) is 8.31. The third-order valence-electron chi connectivity index (χ3n) is 6.87. The molecule has 2 aromatic carbocycles. The van der Waals surface area contributed by atoms with Crippen molar-refractivity contribution in [3.63, 3.8) is 0 Å². The topological polar surface area (TPSA) is 134 Å². The van der Waals surface area contributed by atoms with Crippen molar-refractivity contribution in [2.24, 2.45) is 0 Å². The second-order valence-electron chi connectivity index (χ2n) is 10.0. The van der Waals surface area contributed by atoms with Gasteiger partial charge in [-0.15, -0.1) is 0 Å². The Morgan fingerprint density at radius 1 is 0.660 bits per heavy atom. The van der Waals surface area contributed by atoms with Gasteiger partial charge in [0, 0.05) is 39.6 Å². The van der Waals surface area contributed by atoms with Crippen LogP contribution < -0.4 is 9.47 Å². The zero-order valence-corrected chi connectivity index (χ0v) is 30.8. The van der Waals surface area contributed by atoms with Gasteiger partial charge in [-0.25, -0.2) is 4.98 Å². The van der Waals surface area contributed by atoms with Crippen molar-refractivity contribution in [2.75, 3.05) is 42.7 Å². The Balaban J connectivity index is 0.000000286. The molecule has 0 aliphatic carbocycles. The molecule has 0 saturated heterocycles. The highest BCUT2D eigenvalue weighted by Crippen LogP contribution is 2.44. The number of para-hydroxylation sites is 2. The molecule has 2 atom stereocenters. The highest BCUT2D eigenvalue weighted by molar-refractivity contribution is 7.14. The van der Waals surface area contributed by atoms with E-state index in [9.17, 15) is 35.9 Å². The number of ether oxygens (including phenoxy) is 8. The summed E-state index contributed by atoms with van der Waals surface area (Å²) in [6, 6.07) is 12.5. The van der Waals surface area contributed by atoms with Crippen LogP contribution in [-0.4, -0.2) is 77.1 Å². The number of nitrogens with zero attached hydrogens (tertiary/aromatic N) is 2. The average molecular weight is 817 g/mol. The van der Waals surface area contributed by atoms with E-state index < -0.39 is 63.6 Å². The van der Waals surface area contributed by atoms with Crippen LogP contribution in [0.4, 0.5) is 26.3 Å². The van der Waals surface area contributed by atoms with Gasteiger partial charge in [0.15, 0.2) is 22.6 Å². The Kier molecular flexibility index (Phi) is 15.8. The maximum atomic E-state index is 12.9. The van der Waals surface area contributed by atoms with Gasteiger partial charge >= 0.3 is 24.3 Å². The lowest BCUT2D eigenvalue weighted by atomic mass is 9.97. The number of thiazole rings is 2. The van der Waals surface area contributed by atoms with E-state index in [0.717, 1.165) is 0 Å². The minimum Gasteiger partial charge on any atom is -0.468 e. The van der Waals surface area contributed by atoms with E-state index in [1.807, 2.05) is 0 Å². The van der Waals surface area contributed by atoms with Crippen molar-refractivity contribution < 1.29 is 73.8 Å². The zero-order valence-electron chi connectivity index (χ0n) is 28.4. The molecule has 2 unspecified atom stereocenters.